The molecule has 7 heteroatoms. The van der Waals surface area contributed by atoms with Gasteiger partial charge in [0.05, 0.1) is 10.5 Å². The third-order valence-corrected chi connectivity index (χ3v) is 2.79. The van der Waals surface area contributed by atoms with Gasteiger partial charge >= 0.3 is 5.97 Å². The Kier molecular flexibility index (Phi) is 3.54. The maximum atomic E-state index is 10.7. The number of hydrogen-bond acceptors (Lipinski definition) is 4. The number of nitro benzene ring substituents is 1. The summed E-state index contributed by atoms with van der Waals surface area (Å²) in [5.41, 5.74) is -0.642. The molecular formula is C8H6ClNO4S. The molecule has 1 rings (SSSR count). The minimum absolute atomic E-state index is 0.254. The van der Waals surface area contributed by atoms with Crippen molar-refractivity contribution >= 4 is 35.0 Å². The monoisotopic (exact) mass is 247 g/mol. The van der Waals surface area contributed by atoms with E-state index in [1.807, 2.05) is 0 Å². The maximum absolute atomic E-state index is 10.7. The first kappa shape index (κ1) is 11.8. The topological polar surface area (TPSA) is 80.4 Å². The molecule has 0 aliphatic heterocycles. The van der Waals surface area contributed by atoms with Crippen molar-refractivity contribution in [3.63, 3.8) is 0 Å². The van der Waals surface area contributed by atoms with Gasteiger partial charge in [0.1, 0.15) is 5.02 Å². The van der Waals surface area contributed by atoms with Crippen LogP contribution in [0.1, 0.15) is 10.4 Å². The summed E-state index contributed by atoms with van der Waals surface area (Å²) < 4.78 is 0. The van der Waals surface area contributed by atoms with Gasteiger partial charge in [-0.2, -0.15) is 0 Å². The smallest absolute Gasteiger partial charge is 0.337 e. The van der Waals surface area contributed by atoms with E-state index < -0.39 is 10.9 Å². The average molecular weight is 248 g/mol. The Labute approximate surface area is 94.2 Å². The summed E-state index contributed by atoms with van der Waals surface area (Å²) in [5, 5.41) is 19.0. The molecule has 1 N–H and O–H groups in total. The van der Waals surface area contributed by atoms with E-state index in [1.165, 1.54) is 23.9 Å². The van der Waals surface area contributed by atoms with Crippen LogP contribution >= 0.6 is 23.4 Å². The van der Waals surface area contributed by atoms with Gasteiger partial charge in [-0.25, -0.2) is 4.79 Å². The van der Waals surface area contributed by atoms with Crippen molar-refractivity contribution in [2.45, 2.75) is 4.90 Å². The summed E-state index contributed by atoms with van der Waals surface area (Å²) in [6.45, 7) is 0. The van der Waals surface area contributed by atoms with E-state index in [0.29, 0.717) is 4.90 Å². The molecule has 0 spiro atoms. The molecule has 0 aliphatic rings. The predicted molar refractivity (Wildman–Crippen MR) is 56.8 cm³/mol. The first-order chi connectivity index (χ1) is 6.97. The number of aromatic carboxylic acids is 1. The Balaban J connectivity index is 3.47. The summed E-state index contributed by atoms with van der Waals surface area (Å²) >= 11 is 6.81. The van der Waals surface area contributed by atoms with Crippen molar-refractivity contribution in [2.24, 2.45) is 0 Å². The van der Waals surface area contributed by atoms with Crippen LogP contribution in [0, 0.1) is 10.1 Å². The van der Waals surface area contributed by atoms with Crippen LogP contribution in [0.5, 0.6) is 0 Å². The van der Waals surface area contributed by atoms with E-state index in [2.05, 4.69) is 0 Å². The minimum atomic E-state index is -1.28. The van der Waals surface area contributed by atoms with Gasteiger partial charge in [0, 0.05) is 11.0 Å². The van der Waals surface area contributed by atoms with Gasteiger partial charge in [0.25, 0.3) is 5.69 Å². The van der Waals surface area contributed by atoms with Crippen LogP contribution < -0.4 is 0 Å². The summed E-state index contributed by atoms with van der Waals surface area (Å²) in [6, 6.07) is 2.56. The van der Waals surface area contributed by atoms with Crippen molar-refractivity contribution in [3.05, 3.63) is 32.8 Å². The highest BCUT2D eigenvalue weighted by atomic mass is 35.5. The molecule has 1 aromatic carbocycles. The normalized spacial score (nSPS) is 10.0. The maximum Gasteiger partial charge on any atom is 0.337 e. The molecule has 80 valence electrons. The van der Waals surface area contributed by atoms with Crippen molar-refractivity contribution in [3.8, 4) is 0 Å². The largest absolute Gasteiger partial charge is 0.478 e. The summed E-state index contributed by atoms with van der Waals surface area (Å²) in [4.78, 5) is 21.1. The van der Waals surface area contributed by atoms with Crippen molar-refractivity contribution in [2.75, 3.05) is 6.26 Å². The number of carboxylic acids is 1. The van der Waals surface area contributed by atoms with Gasteiger partial charge in [-0.3, -0.25) is 10.1 Å². The highest BCUT2D eigenvalue weighted by molar-refractivity contribution is 7.98. The highest BCUT2D eigenvalue weighted by Crippen LogP contribution is 2.32. The third kappa shape index (κ3) is 2.40. The molecule has 0 saturated carbocycles. The zero-order valence-corrected chi connectivity index (χ0v) is 9.13. The van der Waals surface area contributed by atoms with Crippen LogP contribution in [-0.4, -0.2) is 22.3 Å². The number of rotatable bonds is 3. The lowest BCUT2D eigenvalue weighted by Crippen LogP contribution is -2.01. The van der Waals surface area contributed by atoms with Crippen LogP contribution in [0.15, 0.2) is 17.0 Å². The SMILES string of the molecule is CSc1cc(C(=O)O)c(Cl)c([N+](=O)[O-])c1. The second-order valence-corrected chi connectivity index (χ2v) is 3.83. The molecule has 0 aromatic heterocycles. The number of carbonyl (C=O) groups is 1. The lowest BCUT2D eigenvalue weighted by atomic mass is 10.2. The molecule has 15 heavy (non-hydrogen) atoms. The quantitative estimate of drug-likeness (QED) is 0.505. The van der Waals surface area contributed by atoms with E-state index >= 15 is 0 Å². The molecule has 0 fully saturated rings. The van der Waals surface area contributed by atoms with E-state index in [1.54, 1.807) is 6.26 Å². The van der Waals surface area contributed by atoms with Crippen LogP contribution in [0.2, 0.25) is 5.02 Å². The molecule has 0 radical (unpaired) electrons. The molecule has 0 heterocycles. The van der Waals surface area contributed by atoms with Gasteiger partial charge in [0.15, 0.2) is 0 Å². The fraction of sp³-hybridized carbons (Fsp3) is 0.125. The van der Waals surface area contributed by atoms with Gasteiger partial charge < -0.3 is 5.11 Å². The van der Waals surface area contributed by atoms with Gasteiger partial charge in [-0.05, 0) is 12.3 Å². The lowest BCUT2D eigenvalue weighted by molar-refractivity contribution is -0.384. The molecular weight excluding hydrogens is 242 g/mol. The van der Waals surface area contributed by atoms with Crippen LogP contribution in [-0.2, 0) is 0 Å². The first-order valence-electron chi connectivity index (χ1n) is 3.72. The van der Waals surface area contributed by atoms with Gasteiger partial charge in [-0.1, -0.05) is 11.6 Å². The Morgan fingerprint density at radius 3 is 2.60 bits per heavy atom. The Bertz CT molecular complexity index is 400. The second kappa shape index (κ2) is 4.50. The molecule has 0 amide bonds. The van der Waals surface area contributed by atoms with Gasteiger partial charge in [0.2, 0.25) is 0 Å². The lowest BCUT2D eigenvalue weighted by Gasteiger charge is -2.03. The number of halogens is 1. The number of carboxylic acid groups (broad SMARTS) is 1. The Hall–Kier alpha value is -1.27. The molecule has 0 saturated heterocycles. The number of hydrogen-bond donors (Lipinski definition) is 1. The number of benzene rings is 1. The molecule has 0 bridgehead atoms. The molecule has 0 unspecified atom stereocenters. The highest BCUT2D eigenvalue weighted by Gasteiger charge is 2.21. The molecule has 1 aromatic rings. The fourth-order valence-corrected chi connectivity index (χ4v) is 1.71. The second-order valence-electron chi connectivity index (χ2n) is 2.57. The van der Waals surface area contributed by atoms with Crippen LogP contribution in [0.4, 0.5) is 5.69 Å². The number of nitrogens with zero attached hydrogens (tertiary/aromatic N) is 1. The van der Waals surface area contributed by atoms with Gasteiger partial charge in [-0.15, -0.1) is 11.8 Å². The summed E-state index contributed by atoms with van der Waals surface area (Å²) in [6.07, 6.45) is 1.69. The zero-order chi connectivity index (χ0) is 11.6. The predicted octanol–water partition coefficient (Wildman–Crippen LogP) is 2.67. The van der Waals surface area contributed by atoms with E-state index in [-0.39, 0.29) is 16.3 Å². The minimum Gasteiger partial charge on any atom is -0.478 e. The molecule has 0 aliphatic carbocycles. The van der Waals surface area contributed by atoms with Crippen LogP contribution in [0.25, 0.3) is 0 Å². The fourth-order valence-electron chi connectivity index (χ4n) is 0.990. The Morgan fingerprint density at radius 2 is 2.20 bits per heavy atom. The van der Waals surface area contributed by atoms with Crippen molar-refractivity contribution < 1.29 is 14.8 Å². The van der Waals surface area contributed by atoms with E-state index in [4.69, 9.17) is 16.7 Å². The third-order valence-electron chi connectivity index (χ3n) is 1.69. The van der Waals surface area contributed by atoms with E-state index in [9.17, 15) is 14.9 Å². The Morgan fingerprint density at radius 1 is 1.60 bits per heavy atom. The van der Waals surface area contributed by atoms with E-state index in [0.717, 1.165) is 0 Å². The number of thioether (sulfide) groups is 1. The summed E-state index contributed by atoms with van der Waals surface area (Å²) in [7, 11) is 0. The first-order valence-corrected chi connectivity index (χ1v) is 5.33. The zero-order valence-electron chi connectivity index (χ0n) is 7.56. The molecule has 5 nitrogen and oxygen atoms in total. The molecule has 0 atom stereocenters. The van der Waals surface area contributed by atoms with Crippen molar-refractivity contribution in [1.29, 1.82) is 0 Å². The number of nitro groups is 1. The standard InChI is InChI=1S/C8H6ClNO4S/c1-15-4-2-5(8(11)12)7(9)6(3-4)10(13)14/h2-3H,1H3,(H,11,12). The van der Waals surface area contributed by atoms with Crippen LogP contribution in [0.3, 0.4) is 0 Å². The average Bonchev–Trinajstić information content (AvgIpc) is 2.17. The van der Waals surface area contributed by atoms with Crippen molar-refractivity contribution in [1.82, 2.24) is 0 Å². The summed E-state index contributed by atoms with van der Waals surface area (Å²) in [5.74, 6) is -1.28.